The fourth-order valence-electron chi connectivity index (χ4n) is 1.91. The number of carbonyl (C=O) groups is 1. The Morgan fingerprint density at radius 2 is 1.88 bits per heavy atom. The highest BCUT2D eigenvalue weighted by Crippen LogP contribution is 2.16. The zero-order valence-electron chi connectivity index (χ0n) is 9.72. The second-order valence-corrected chi connectivity index (χ2v) is 4.19. The number of ether oxygens (including phenoxy) is 1. The molecule has 1 aromatic rings. The van der Waals surface area contributed by atoms with Gasteiger partial charge in [0.25, 0.3) is 0 Å². The van der Waals surface area contributed by atoms with E-state index in [1.54, 1.807) is 12.1 Å². The average molecular weight is 256 g/mol. The minimum absolute atomic E-state index is 0. The number of aldehydes is 1. The Morgan fingerprint density at radius 3 is 2.47 bits per heavy atom. The molecule has 1 aliphatic rings. The van der Waals surface area contributed by atoms with Crippen molar-refractivity contribution in [1.29, 1.82) is 0 Å². The van der Waals surface area contributed by atoms with E-state index in [9.17, 15) is 4.79 Å². The summed E-state index contributed by atoms with van der Waals surface area (Å²) >= 11 is 0. The molecule has 1 aromatic carbocycles. The van der Waals surface area contributed by atoms with Gasteiger partial charge in [-0.2, -0.15) is 0 Å². The lowest BCUT2D eigenvalue weighted by Gasteiger charge is -2.22. The van der Waals surface area contributed by atoms with Crippen LogP contribution in [0.5, 0.6) is 5.75 Å². The molecule has 0 saturated carbocycles. The van der Waals surface area contributed by atoms with E-state index >= 15 is 0 Å². The smallest absolute Gasteiger partial charge is 0.150 e. The van der Waals surface area contributed by atoms with E-state index in [-0.39, 0.29) is 12.4 Å². The predicted octanol–water partition coefficient (Wildman–Crippen LogP) is 2.30. The van der Waals surface area contributed by atoms with Crippen molar-refractivity contribution in [2.24, 2.45) is 5.92 Å². The van der Waals surface area contributed by atoms with Gasteiger partial charge in [-0.3, -0.25) is 4.79 Å². The van der Waals surface area contributed by atoms with Crippen molar-refractivity contribution in [2.45, 2.75) is 12.8 Å². The van der Waals surface area contributed by atoms with Gasteiger partial charge in [0.05, 0.1) is 6.61 Å². The maximum atomic E-state index is 10.5. The monoisotopic (exact) mass is 255 g/mol. The first-order chi connectivity index (χ1) is 7.88. The summed E-state index contributed by atoms with van der Waals surface area (Å²) in [6.45, 7) is 2.97. The maximum Gasteiger partial charge on any atom is 0.150 e. The van der Waals surface area contributed by atoms with Crippen LogP contribution in [-0.2, 0) is 0 Å². The SMILES string of the molecule is Cl.O=Cc1ccc(OCC2CCNCC2)cc1. The number of halogens is 1. The van der Waals surface area contributed by atoms with Crippen LogP contribution >= 0.6 is 12.4 Å². The third kappa shape index (κ3) is 4.36. The van der Waals surface area contributed by atoms with Gasteiger partial charge in [-0.05, 0) is 56.1 Å². The molecule has 1 aliphatic heterocycles. The van der Waals surface area contributed by atoms with Crippen molar-refractivity contribution in [1.82, 2.24) is 5.32 Å². The van der Waals surface area contributed by atoms with Crippen LogP contribution in [0, 0.1) is 5.92 Å². The predicted molar refractivity (Wildman–Crippen MR) is 70.2 cm³/mol. The number of piperidine rings is 1. The third-order valence-electron chi connectivity index (χ3n) is 2.96. The fourth-order valence-corrected chi connectivity index (χ4v) is 1.91. The van der Waals surface area contributed by atoms with Crippen molar-refractivity contribution in [3.8, 4) is 5.75 Å². The molecule has 0 bridgehead atoms. The fraction of sp³-hybridized carbons (Fsp3) is 0.462. The molecule has 0 aliphatic carbocycles. The zero-order chi connectivity index (χ0) is 11.2. The van der Waals surface area contributed by atoms with Crippen LogP contribution in [0.15, 0.2) is 24.3 Å². The summed E-state index contributed by atoms with van der Waals surface area (Å²) in [5.74, 6) is 1.51. The topological polar surface area (TPSA) is 38.3 Å². The summed E-state index contributed by atoms with van der Waals surface area (Å²) in [6, 6.07) is 7.27. The second kappa shape index (κ2) is 7.30. The first kappa shape index (κ1) is 14.0. The number of nitrogens with one attached hydrogen (secondary N) is 1. The van der Waals surface area contributed by atoms with E-state index in [1.807, 2.05) is 12.1 Å². The molecule has 1 fully saturated rings. The van der Waals surface area contributed by atoms with Crippen molar-refractivity contribution in [3.63, 3.8) is 0 Å². The van der Waals surface area contributed by atoms with E-state index in [0.717, 1.165) is 31.7 Å². The number of hydrogen-bond acceptors (Lipinski definition) is 3. The normalized spacial score (nSPS) is 16.0. The molecule has 0 atom stereocenters. The standard InChI is InChI=1S/C13H17NO2.ClH/c15-9-11-1-3-13(4-2-11)16-10-12-5-7-14-8-6-12;/h1-4,9,12,14H,5-8,10H2;1H. The minimum atomic E-state index is 0. The Labute approximate surface area is 108 Å². The Hall–Kier alpha value is -1.06. The van der Waals surface area contributed by atoms with Gasteiger partial charge >= 0.3 is 0 Å². The molecule has 0 amide bonds. The number of carbonyl (C=O) groups excluding carboxylic acids is 1. The summed E-state index contributed by atoms with van der Waals surface area (Å²) < 4.78 is 5.70. The molecule has 0 spiro atoms. The van der Waals surface area contributed by atoms with Gasteiger partial charge in [-0.25, -0.2) is 0 Å². The highest BCUT2D eigenvalue weighted by Gasteiger charge is 2.13. The highest BCUT2D eigenvalue weighted by molar-refractivity contribution is 5.85. The number of rotatable bonds is 4. The van der Waals surface area contributed by atoms with Crippen molar-refractivity contribution >= 4 is 18.7 Å². The van der Waals surface area contributed by atoms with E-state index in [0.29, 0.717) is 11.5 Å². The quantitative estimate of drug-likeness (QED) is 0.839. The van der Waals surface area contributed by atoms with Gasteiger partial charge in [0.15, 0.2) is 0 Å². The molecular formula is C13H18ClNO2. The lowest BCUT2D eigenvalue weighted by atomic mass is 9.99. The summed E-state index contributed by atoms with van der Waals surface area (Å²) in [4.78, 5) is 10.5. The summed E-state index contributed by atoms with van der Waals surface area (Å²) in [5, 5.41) is 3.33. The van der Waals surface area contributed by atoms with E-state index in [2.05, 4.69) is 5.32 Å². The third-order valence-corrected chi connectivity index (χ3v) is 2.96. The molecule has 1 N–H and O–H groups in total. The van der Waals surface area contributed by atoms with E-state index in [1.165, 1.54) is 12.8 Å². The molecule has 2 rings (SSSR count). The molecular weight excluding hydrogens is 238 g/mol. The lowest BCUT2D eigenvalue weighted by molar-refractivity contribution is 0.112. The first-order valence-corrected chi connectivity index (χ1v) is 5.77. The van der Waals surface area contributed by atoms with Crippen LogP contribution in [0.2, 0.25) is 0 Å². The highest BCUT2D eigenvalue weighted by atomic mass is 35.5. The van der Waals surface area contributed by atoms with E-state index in [4.69, 9.17) is 4.74 Å². The van der Waals surface area contributed by atoms with Crippen LogP contribution in [0.25, 0.3) is 0 Å². The molecule has 17 heavy (non-hydrogen) atoms. The summed E-state index contributed by atoms with van der Waals surface area (Å²) in [5.41, 5.74) is 0.689. The molecule has 0 unspecified atom stereocenters. The minimum Gasteiger partial charge on any atom is -0.493 e. The van der Waals surface area contributed by atoms with Crippen molar-refractivity contribution in [3.05, 3.63) is 29.8 Å². The molecule has 4 heteroatoms. The molecule has 0 radical (unpaired) electrons. The van der Waals surface area contributed by atoms with Gasteiger partial charge in [0.2, 0.25) is 0 Å². The van der Waals surface area contributed by atoms with Gasteiger partial charge < -0.3 is 10.1 Å². The molecule has 94 valence electrons. The molecule has 0 aromatic heterocycles. The van der Waals surface area contributed by atoms with Crippen molar-refractivity contribution < 1.29 is 9.53 Å². The molecule has 1 heterocycles. The van der Waals surface area contributed by atoms with Gasteiger partial charge in [0.1, 0.15) is 12.0 Å². The Morgan fingerprint density at radius 1 is 1.24 bits per heavy atom. The van der Waals surface area contributed by atoms with Crippen LogP contribution < -0.4 is 10.1 Å². The Bertz CT molecular complexity index is 334. The summed E-state index contributed by atoms with van der Waals surface area (Å²) in [7, 11) is 0. The average Bonchev–Trinajstić information content (AvgIpc) is 2.38. The maximum absolute atomic E-state index is 10.5. The van der Waals surface area contributed by atoms with Crippen molar-refractivity contribution in [2.75, 3.05) is 19.7 Å². The largest absolute Gasteiger partial charge is 0.493 e. The van der Waals surface area contributed by atoms with Gasteiger partial charge in [0, 0.05) is 5.56 Å². The number of benzene rings is 1. The molecule has 3 nitrogen and oxygen atoms in total. The van der Waals surface area contributed by atoms with Crippen LogP contribution in [0.3, 0.4) is 0 Å². The van der Waals surface area contributed by atoms with Crippen LogP contribution in [-0.4, -0.2) is 26.0 Å². The summed E-state index contributed by atoms with van der Waals surface area (Å²) in [6.07, 6.45) is 3.22. The van der Waals surface area contributed by atoms with Gasteiger partial charge in [-0.15, -0.1) is 12.4 Å². The Balaban J connectivity index is 0.00000144. The number of hydrogen-bond donors (Lipinski definition) is 1. The second-order valence-electron chi connectivity index (χ2n) is 4.19. The zero-order valence-corrected chi connectivity index (χ0v) is 10.5. The van der Waals surface area contributed by atoms with E-state index < -0.39 is 0 Å². The Kier molecular flexibility index (Phi) is 6.01. The lowest BCUT2D eigenvalue weighted by Crippen LogP contribution is -2.30. The first-order valence-electron chi connectivity index (χ1n) is 5.77. The van der Waals surface area contributed by atoms with Crippen LogP contribution in [0.4, 0.5) is 0 Å². The van der Waals surface area contributed by atoms with Crippen LogP contribution in [0.1, 0.15) is 23.2 Å². The molecule has 1 saturated heterocycles. The van der Waals surface area contributed by atoms with Gasteiger partial charge in [-0.1, -0.05) is 0 Å².